The number of amides is 1. The van der Waals surface area contributed by atoms with E-state index in [9.17, 15) is 9.18 Å². The number of benzene rings is 1. The number of pyridine rings is 1. The molecule has 0 spiro atoms. The number of piperazine rings is 1. The fraction of sp³-hybridized carbons (Fsp3) is 0.250. The molecule has 1 aliphatic heterocycles. The highest BCUT2D eigenvalue weighted by atomic mass is 79.9. The lowest BCUT2D eigenvalue weighted by Crippen LogP contribution is -2.43. The van der Waals surface area contributed by atoms with Crippen LogP contribution in [0, 0.1) is 5.82 Å². The van der Waals surface area contributed by atoms with Crippen LogP contribution in [0.4, 0.5) is 15.9 Å². The van der Waals surface area contributed by atoms with E-state index in [1.807, 2.05) is 6.07 Å². The molecule has 1 fully saturated rings. The number of aromatic nitrogens is 1. The van der Waals surface area contributed by atoms with Crippen molar-refractivity contribution in [2.45, 2.75) is 0 Å². The number of carbonyl (C=O) groups excluding carboxylic acids is 1. The molecule has 0 unspecified atom stereocenters. The van der Waals surface area contributed by atoms with Gasteiger partial charge in [0.05, 0.1) is 17.4 Å². The molecule has 5 nitrogen and oxygen atoms in total. The van der Waals surface area contributed by atoms with E-state index in [4.69, 9.17) is 0 Å². The third-order valence-electron chi connectivity index (χ3n) is 3.64. The Labute approximate surface area is 142 Å². The summed E-state index contributed by atoms with van der Waals surface area (Å²) in [5.41, 5.74) is 0.991. The standard InChI is InChI=1S/C16H16BrFN4O/c17-11-1-3-14(18)13(9-11)16(23)21-15-4-2-12(10-20-15)22-7-5-19-6-8-22/h1-4,9-10,19H,5-8H2,(H,20,21,23). The van der Waals surface area contributed by atoms with Gasteiger partial charge in [-0.3, -0.25) is 4.79 Å². The molecule has 0 atom stereocenters. The van der Waals surface area contributed by atoms with Crippen molar-refractivity contribution in [2.24, 2.45) is 0 Å². The molecule has 2 heterocycles. The highest BCUT2D eigenvalue weighted by Gasteiger charge is 2.14. The number of rotatable bonds is 3. The molecule has 0 aliphatic carbocycles. The lowest BCUT2D eigenvalue weighted by atomic mass is 10.2. The highest BCUT2D eigenvalue weighted by Crippen LogP contribution is 2.18. The fourth-order valence-electron chi connectivity index (χ4n) is 2.43. The first-order chi connectivity index (χ1) is 11.1. The topological polar surface area (TPSA) is 57.3 Å². The lowest BCUT2D eigenvalue weighted by Gasteiger charge is -2.29. The summed E-state index contributed by atoms with van der Waals surface area (Å²) in [6.45, 7) is 3.74. The number of carbonyl (C=O) groups is 1. The Kier molecular flexibility index (Phi) is 4.88. The average Bonchev–Trinajstić information content (AvgIpc) is 2.58. The van der Waals surface area contributed by atoms with Gasteiger partial charge in [-0.05, 0) is 30.3 Å². The Balaban J connectivity index is 1.70. The Morgan fingerprint density at radius 2 is 2.04 bits per heavy atom. The molecule has 1 aliphatic rings. The van der Waals surface area contributed by atoms with Gasteiger partial charge < -0.3 is 15.5 Å². The quantitative estimate of drug-likeness (QED) is 0.861. The largest absolute Gasteiger partial charge is 0.368 e. The first-order valence-corrected chi connectivity index (χ1v) is 8.11. The normalized spacial score (nSPS) is 14.6. The molecule has 1 aromatic carbocycles. The van der Waals surface area contributed by atoms with Crippen LogP contribution in [-0.2, 0) is 0 Å². The zero-order valence-corrected chi connectivity index (χ0v) is 13.9. The lowest BCUT2D eigenvalue weighted by molar-refractivity contribution is 0.102. The maximum atomic E-state index is 13.7. The number of nitrogens with one attached hydrogen (secondary N) is 2. The zero-order chi connectivity index (χ0) is 16.2. The van der Waals surface area contributed by atoms with Gasteiger partial charge in [0.2, 0.25) is 0 Å². The van der Waals surface area contributed by atoms with Crippen LogP contribution in [-0.4, -0.2) is 37.1 Å². The molecular formula is C16H16BrFN4O. The van der Waals surface area contributed by atoms with E-state index in [2.05, 4.69) is 36.4 Å². The monoisotopic (exact) mass is 378 g/mol. The van der Waals surface area contributed by atoms with Crippen molar-refractivity contribution in [3.63, 3.8) is 0 Å². The minimum absolute atomic E-state index is 0.0210. The van der Waals surface area contributed by atoms with Crippen LogP contribution in [0.25, 0.3) is 0 Å². The summed E-state index contributed by atoms with van der Waals surface area (Å²) < 4.78 is 14.4. The summed E-state index contributed by atoms with van der Waals surface area (Å²) in [6, 6.07) is 7.88. The molecule has 2 aromatic rings. The Morgan fingerprint density at radius 3 is 2.74 bits per heavy atom. The van der Waals surface area contributed by atoms with Crippen LogP contribution < -0.4 is 15.5 Å². The van der Waals surface area contributed by atoms with Crippen LogP contribution in [0.3, 0.4) is 0 Å². The van der Waals surface area contributed by atoms with E-state index in [1.54, 1.807) is 18.3 Å². The van der Waals surface area contributed by atoms with Crippen LogP contribution in [0.1, 0.15) is 10.4 Å². The van der Waals surface area contributed by atoms with Crippen LogP contribution >= 0.6 is 15.9 Å². The fourth-order valence-corrected chi connectivity index (χ4v) is 2.79. The molecule has 7 heteroatoms. The average molecular weight is 379 g/mol. The molecule has 3 rings (SSSR count). The second-order valence-corrected chi connectivity index (χ2v) is 6.13. The molecule has 120 valence electrons. The third-order valence-corrected chi connectivity index (χ3v) is 4.14. The van der Waals surface area contributed by atoms with E-state index in [1.165, 1.54) is 12.1 Å². The summed E-state index contributed by atoms with van der Waals surface area (Å²) in [5.74, 6) is -0.692. The van der Waals surface area contributed by atoms with Gasteiger partial charge in [-0.15, -0.1) is 0 Å². The van der Waals surface area contributed by atoms with Gasteiger partial charge >= 0.3 is 0 Å². The van der Waals surface area contributed by atoms with Crippen LogP contribution in [0.15, 0.2) is 41.0 Å². The number of hydrogen-bond donors (Lipinski definition) is 2. The maximum Gasteiger partial charge on any atom is 0.259 e. The summed E-state index contributed by atoms with van der Waals surface area (Å²) in [7, 11) is 0. The number of anilines is 2. The number of halogens is 2. The van der Waals surface area contributed by atoms with E-state index < -0.39 is 11.7 Å². The summed E-state index contributed by atoms with van der Waals surface area (Å²) in [6.07, 6.45) is 1.72. The number of hydrogen-bond acceptors (Lipinski definition) is 4. The first kappa shape index (κ1) is 15.9. The van der Waals surface area contributed by atoms with Crippen LogP contribution in [0.2, 0.25) is 0 Å². The molecule has 1 saturated heterocycles. The summed E-state index contributed by atoms with van der Waals surface area (Å²) >= 11 is 3.23. The molecule has 1 aromatic heterocycles. The number of nitrogens with zero attached hydrogens (tertiary/aromatic N) is 2. The molecule has 1 amide bonds. The van der Waals surface area contributed by atoms with Crippen molar-refractivity contribution in [1.29, 1.82) is 0 Å². The zero-order valence-electron chi connectivity index (χ0n) is 12.4. The molecule has 23 heavy (non-hydrogen) atoms. The second kappa shape index (κ2) is 7.06. The summed E-state index contributed by atoms with van der Waals surface area (Å²) in [5, 5.41) is 5.91. The van der Waals surface area contributed by atoms with Gasteiger partial charge in [-0.1, -0.05) is 15.9 Å². The predicted molar refractivity (Wildman–Crippen MR) is 91.4 cm³/mol. The maximum absolute atomic E-state index is 13.7. The van der Waals surface area contributed by atoms with E-state index >= 15 is 0 Å². The highest BCUT2D eigenvalue weighted by molar-refractivity contribution is 9.10. The molecular weight excluding hydrogens is 363 g/mol. The van der Waals surface area contributed by atoms with Gasteiger partial charge in [-0.25, -0.2) is 9.37 Å². The van der Waals surface area contributed by atoms with Crippen molar-refractivity contribution < 1.29 is 9.18 Å². The molecule has 0 saturated carbocycles. The van der Waals surface area contributed by atoms with E-state index in [-0.39, 0.29) is 5.56 Å². The van der Waals surface area contributed by atoms with Crippen molar-refractivity contribution in [3.8, 4) is 0 Å². The van der Waals surface area contributed by atoms with Gasteiger partial charge in [0.1, 0.15) is 11.6 Å². The van der Waals surface area contributed by atoms with Gasteiger partial charge in [0.15, 0.2) is 0 Å². The van der Waals surface area contributed by atoms with Crippen molar-refractivity contribution in [2.75, 3.05) is 36.4 Å². The smallest absolute Gasteiger partial charge is 0.259 e. The van der Waals surface area contributed by atoms with Gasteiger partial charge in [0, 0.05) is 30.7 Å². The Bertz CT molecular complexity index is 702. The summed E-state index contributed by atoms with van der Waals surface area (Å²) in [4.78, 5) is 18.6. The molecule has 2 N–H and O–H groups in total. The van der Waals surface area contributed by atoms with Gasteiger partial charge in [-0.2, -0.15) is 0 Å². The van der Waals surface area contributed by atoms with Gasteiger partial charge in [0.25, 0.3) is 5.91 Å². The SMILES string of the molecule is O=C(Nc1ccc(N2CCNCC2)cn1)c1cc(Br)ccc1F. The van der Waals surface area contributed by atoms with Crippen molar-refractivity contribution in [3.05, 3.63) is 52.4 Å². The third kappa shape index (κ3) is 3.86. The predicted octanol–water partition coefficient (Wildman–Crippen LogP) is 2.65. The van der Waals surface area contributed by atoms with E-state index in [0.29, 0.717) is 10.3 Å². The van der Waals surface area contributed by atoms with Crippen LogP contribution in [0.5, 0.6) is 0 Å². The Hall–Kier alpha value is -1.99. The molecule has 0 bridgehead atoms. The minimum Gasteiger partial charge on any atom is -0.368 e. The molecule has 0 radical (unpaired) electrons. The van der Waals surface area contributed by atoms with Crippen molar-refractivity contribution in [1.82, 2.24) is 10.3 Å². The van der Waals surface area contributed by atoms with Crippen molar-refractivity contribution >= 4 is 33.3 Å². The minimum atomic E-state index is -0.567. The first-order valence-electron chi connectivity index (χ1n) is 7.31. The second-order valence-electron chi connectivity index (χ2n) is 5.22. The van der Waals surface area contributed by atoms with E-state index in [0.717, 1.165) is 31.9 Å². The Morgan fingerprint density at radius 1 is 1.26 bits per heavy atom.